The van der Waals surface area contributed by atoms with E-state index in [1.807, 2.05) is 48.5 Å². The van der Waals surface area contributed by atoms with Gasteiger partial charge in [0, 0.05) is 13.0 Å². The molecular formula is C25H25N3O7. The number of carbonyl (C=O) groups is 3. The van der Waals surface area contributed by atoms with Gasteiger partial charge in [-0.3, -0.25) is 4.79 Å². The minimum Gasteiger partial charge on any atom is -0.476 e. The smallest absolute Gasteiger partial charge is 0.407 e. The quantitative estimate of drug-likeness (QED) is 0.426. The molecule has 0 radical (unpaired) electrons. The summed E-state index contributed by atoms with van der Waals surface area (Å²) in [5, 5.41) is 14.2. The first-order valence-corrected chi connectivity index (χ1v) is 11.0. The summed E-state index contributed by atoms with van der Waals surface area (Å²) in [6.07, 6.45) is -0.485. The van der Waals surface area contributed by atoms with E-state index < -0.39 is 30.1 Å². The number of nitrogens with zero attached hydrogens (tertiary/aromatic N) is 1. The molecule has 0 fully saturated rings. The molecule has 182 valence electrons. The summed E-state index contributed by atoms with van der Waals surface area (Å²) in [5.41, 5.74) is 4.06. The molecule has 2 aromatic carbocycles. The van der Waals surface area contributed by atoms with Gasteiger partial charge in [0.25, 0.3) is 0 Å². The van der Waals surface area contributed by atoms with E-state index in [1.165, 1.54) is 7.11 Å². The number of methoxy groups -OCH3 is 1. The third-order valence-electron chi connectivity index (χ3n) is 6.01. The predicted octanol–water partition coefficient (Wildman–Crippen LogP) is 2.93. The van der Waals surface area contributed by atoms with Crippen molar-refractivity contribution in [2.24, 2.45) is 0 Å². The Morgan fingerprint density at radius 2 is 1.71 bits per heavy atom. The molecule has 1 aromatic heterocycles. The number of benzene rings is 2. The van der Waals surface area contributed by atoms with Gasteiger partial charge in [-0.25, -0.2) is 14.6 Å². The number of hydrogen-bond donors (Lipinski definition) is 3. The first-order valence-electron chi connectivity index (χ1n) is 11.0. The number of alkyl carbamates (subject to hydrolysis) is 1. The van der Waals surface area contributed by atoms with E-state index in [0.29, 0.717) is 0 Å². The van der Waals surface area contributed by atoms with Gasteiger partial charge in [-0.05, 0) is 29.2 Å². The van der Waals surface area contributed by atoms with Gasteiger partial charge in [0.15, 0.2) is 17.8 Å². The lowest BCUT2D eigenvalue weighted by atomic mass is 9.98. The Morgan fingerprint density at radius 1 is 1.09 bits per heavy atom. The van der Waals surface area contributed by atoms with E-state index in [-0.39, 0.29) is 30.5 Å². The number of carboxylic acids is 1. The molecule has 0 bridgehead atoms. The Balaban J connectivity index is 1.40. The van der Waals surface area contributed by atoms with Crippen molar-refractivity contribution in [2.75, 3.05) is 13.7 Å². The second-order valence-electron chi connectivity index (χ2n) is 8.04. The van der Waals surface area contributed by atoms with Gasteiger partial charge in [0.1, 0.15) is 12.6 Å². The summed E-state index contributed by atoms with van der Waals surface area (Å²) in [6, 6.07) is 14.9. The zero-order valence-corrected chi connectivity index (χ0v) is 19.2. The standard InChI is InChI=1S/C25H25N3O7/c1-14(33-2)21(23(29)26-11-20-22(24(30)31)27-13-35-20)28-25(32)34-12-19-17-9-5-3-7-15(17)16-8-4-6-10-18(16)19/h3-10,13-14,19,21H,11-12H2,1-2H3,(H,26,29)(H,28,32)(H,30,31)/t14-,21+/m1/s1. The molecule has 10 nitrogen and oxygen atoms in total. The van der Waals surface area contributed by atoms with Gasteiger partial charge in [-0.2, -0.15) is 0 Å². The van der Waals surface area contributed by atoms with Crippen LogP contribution in [0.25, 0.3) is 11.1 Å². The number of aromatic nitrogens is 1. The van der Waals surface area contributed by atoms with Crippen LogP contribution in [-0.4, -0.2) is 53.9 Å². The number of hydrogen-bond acceptors (Lipinski definition) is 7. The lowest BCUT2D eigenvalue weighted by Gasteiger charge is -2.23. The highest BCUT2D eigenvalue weighted by molar-refractivity contribution is 5.88. The highest BCUT2D eigenvalue weighted by Gasteiger charge is 2.31. The van der Waals surface area contributed by atoms with Crippen molar-refractivity contribution in [3.8, 4) is 11.1 Å². The van der Waals surface area contributed by atoms with Crippen molar-refractivity contribution < 1.29 is 33.4 Å². The molecule has 2 atom stereocenters. The minimum atomic E-state index is -1.28. The maximum absolute atomic E-state index is 12.8. The average molecular weight is 479 g/mol. The van der Waals surface area contributed by atoms with E-state index >= 15 is 0 Å². The second-order valence-corrected chi connectivity index (χ2v) is 8.04. The van der Waals surface area contributed by atoms with Crippen LogP contribution in [-0.2, 0) is 20.8 Å². The van der Waals surface area contributed by atoms with Crippen LogP contribution >= 0.6 is 0 Å². The number of amides is 2. The summed E-state index contributed by atoms with van der Waals surface area (Å²) in [5.74, 6) is -2.01. The van der Waals surface area contributed by atoms with Gasteiger partial charge in [-0.15, -0.1) is 0 Å². The number of fused-ring (bicyclic) bond motifs is 3. The zero-order chi connectivity index (χ0) is 24.9. The van der Waals surface area contributed by atoms with E-state index in [9.17, 15) is 14.4 Å². The van der Waals surface area contributed by atoms with Crippen LogP contribution in [0.15, 0.2) is 59.3 Å². The number of ether oxygens (including phenoxy) is 2. The van der Waals surface area contributed by atoms with Crippen LogP contribution in [0.4, 0.5) is 4.79 Å². The Hall–Kier alpha value is -4.18. The molecule has 10 heteroatoms. The lowest BCUT2D eigenvalue weighted by Crippen LogP contribution is -2.53. The molecule has 1 heterocycles. The fourth-order valence-corrected chi connectivity index (χ4v) is 4.15. The summed E-state index contributed by atoms with van der Waals surface area (Å²) >= 11 is 0. The fraction of sp³-hybridized carbons (Fsp3) is 0.280. The van der Waals surface area contributed by atoms with E-state index in [4.69, 9.17) is 19.0 Å². The first-order chi connectivity index (χ1) is 16.9. The highest BCUT2D eigenvalue weighted by Crippen LogP contribution is 2.44. The molecule has 3 aromatic rings. The normalized spacial score (nSPS) is 13.9. The Kier molecular flexibility index (Phi) is 7.11. The molecule has 3 N–H and O–H groups in total. The minimum absolute atomic E-state index is 0.0178. The van der Waals surface area contributed by atoms with E-state index in [1.54, 1.807) is 6.92 Å². The van der Waals surface area contributed by atoms with Gasteiger partial charge < -0.3 is 29.6 Å². The van der Waals surface area contributed by atoms with Crippen molar-refractivity contribution in [1.82, 2.24) is 15.6 Å². The SMILES string of the molecule is CO[C@H](C)[C@H](NC(=O)OCC1c2ccccc2-c2ccccc21)C(=O)NCc1ocnc1C(=O)O. The average Bonchev–Trinajstić information content (AvgIpc) is 3.47. The Morgan fingerprint density at radius 3 is 2.31 bits per heavy atom. The van der Waals surface area contributed by atoms with Crippen molar-refractivity contribution in [3.05, 3.63) is 77.5 Å². The molecule has 1 aliphatic rings. The number of aromatic carboxylic acids is 1. The fourth-order valence-electron chi connectivity index (χ4n) is 4.15. The van der Waals surface area contributed by atoms with Crippen LogP contribution in [0.1, 0.15) is 40.2 Å². The molecule has 1 aliphatic carbocycles. The molecule has 0 saturated heterocycles. The Bertz CT molecular complexity index is 1190. The molecule has 35 heavy (non-hydrogen) atoms. The number of carboxylic acid groups (broad SMARTS) is 1. The molecule has 2 amide bonds. The zero-order valence-electron chi connectivity index (χ0n) is 19.2. The first kappa shape index (κ1) is 24.0. The molecule has 0 spiro atoms. The van der Waals surface area contributed by atoms with Crippen LogP contribution in [0.5, 0.6) is 0 Å². The molecule has 0 unspecified atom stereocenters. The van der Waals surface area contributed by atoms with Crippen molar-refractivity contribution in [3.63, 3.8) is 0 Å². The maximum Gasteiger partial charge on any atom is 0.407 e. The molecule has 0 aliphatic heterocycles. The molecular weight excluding hydrogens is 454 g/mol. The van der Waals surface area contributed by atoms with Crippen LogP contribution < -0.4 is 10.6 Å². The molecule has 0 saturated carbocycles. The number of nitrogens with one attached hydrogen (secondary N) is 2. The topological polar surface area (TPSA) is 140 Å². The summed E-state index contributed by atoms with van der Waals surface area (Å²) in [7, 11) is 1.41. The molecule has 4 rings (SSSR count). The monoisotopic (exact) mass is 479 g/mol. The highest BCUT2D eigenvalue weighted by atomic mass is 16.5. The van der Waals surface area contributed by atoms with Crippen LogP contribution in [0, 0.1) is 0 Å². The number of carbonyl (C=O) groups excluding carboxylic acids is 2. The summed E-state index contributed by atoms with van der Waals surface area (Å²) in [6.45, 7) is 1.49. The number of oxazole rings is 1. The van der Waals surface area contributed by atoms with Crippen LogP contribution in [0.2, 0.25) is 0 Å². The van der Waals surface area contributed by atoms with Crippen molar-refractivity contribution >= 4 is 18.0 Å². The second kappa shape index (κ2) is 10.4. The summed E-state index contributed by atoms with van der Waals surface area (Å²) < 4.78 is 15.8. The van der Waals surface area contributed by atoms with Crippen LogP contribution in [0.3, 0.4) is 0 Å². The van der Waals surface area contributed by atoms with Gasteiger partial charge >= 0.3 is 12.1 Å². The lowest BCUT2D eigenvalue weighted by molar-refractivity contribution is -0.126. The van der Waals surface area contributed by atoms with Gasteiger partial charge in [0.2, 0.25) is 5.91 Å². The maximum atomic E-state index is 12.8. The van der Waals surface area contributed by atoms with E-state index in [2.05, 4.69) is 15.6 Å². The number of rotatable bonds is 9. The van der Waals surface area contributed by atoms with E-state index in [0.717, 1.165) is 28.6 Å². The third-order valence-corrected chi connectivity index (χ3v) is 6.01. The largest absolute Gasteiger partial charge is 0.476 e. The van der Waals surface area contributed by atoms with Gasteiger partial charge in [-0.1, -0.05) is 48.5 Å². The van der Waals surface area contributed by atoms with Gasteiger partial charge in [0.05, 0.1) is 12.6 Å². The van der Waals surface area contributed by atoms with Crippen molar-refractivity contribution in [1.29, 1.82) is 0 Å². The van der Waals surface area contributed by atoms with Crippen molar-refractivity contribution in [2.45, 2.75) is 31.5 Å². The third kappa shape index (κ3) is 5.02. The predicted molar refractivity (Wildman–Crippen MR) is 124 cm³/mol. The Labute approximate surface area is 201 Å². The summed E-state index contributed by atoms with van der Waals surface area (Å²) in [4.78, 5) is 40.2.